The summed E-state index contributed by atoms with van der Waals surface area (Å²) in [5, 5.41) is 6.45. The summed E-state index contributed by atoms with van der Waals surface area (Å²) in [5.74, 6) is 0.570. The van der Waals surface area contributed by atoms with Crippen LogP contribution >= 0.6 is 22.9 Å². The third-order valence-corrected chi connectivity index (χ3v) is 4.23. The van der Waals surface area contributed by atoms with Gasteiger partial charge in [0.25, 0.3) is 0 Å². The Labute approximate surface area is 99.6 Å². The number of nitrogens with one attached hydrogen (secondary N) is 1. The van der Waals surface area contributed by atoms with Crippen molar-refractivity contribution in [3.63, 3.8) is 0 Å². The molecule has 2 rings (SSSR count). The molecule has 1 aromatic heterocycles. The molecule has 0 amide bonds. The molecule has 1 aromatic rings. The number of rotatable bonds is 4. The topological polar surface area (TPSA) is 21.3 Å². The van der Waals surface area contributed by atoms with Crippen LogP contribution < -0.4 is 5.32 Å². The van der Waals surface area contributed by atoms with Crippen molar-refractivity contribution in [3.05, 3.63) is 21.3 Å². The zero-order valence-electron chi connectivity index (χ0n) is 8.83. The van der Waals surface area contributed by atoms with Crippen LogP contribution in [0.2, 0.25) is 5.02 Å². The summed E-state index contributed by atoms with van der Waals surface area (Å²) < 4.78 is 5.44. The normalized spacial score (nSPS) is 23.2. The van der Waals surface area contributed by atoms with Gasteiger partial charge in [0.2, 0.25) is 0 Å². The molecular weight excluding hydrogens is 230 g/mol. The summed E-state index contributed by atoms with van der Waals surface area (Å²) in [4.78, 5) is 1.26. The lowest BCUT2D eigenvalue weighted by molar-refractivity contribution is 0.177. The molecule has 1 aliphatic rings. The van der Waals surface area contributed by atoms with Crippen molar-refractivity contribution >= 4 is 22.9 Å². The van der Waals surface area contributed by atoms with Gasteiger partial charge in [-0.15, -0.1) is 11.3 Å². The Balaban J connectivity index is 2.15. The van der Waals surface area contributed by atoms with Gasteiger partial charge >= 0.3 is 0 Å². The average Bonchev–Trinajstić information content (AvgIpc) is 2.85. The minimum Gasteiger partial charge on any atom is -0.381 e. The molecule has 2 unspecified atom stereocenters. The zero-order valence-corrected chi connectivity index (χ0v) is 10.4. The number of thiophene rings is 1. The van der Waals surface area contributed by atoms with E-state index < -0.39 is 0 Å². The molecular formula is C11H16ClNOS. The van der Waals surface area contributed by atoms with Crippen molar-refractivity contribution in [3.8, 4) is 0 Å². The van der Waals surface area contributed by atoms with Crippen molar-refractivity contribution in [2.24, 2.45) is 5.92 Å². The maximum absolute atomic E-state index is 6.18. The van der Waals surface area contributed by atoms with Crippen molar-refractivity contribution in [2.45, 2.75) is 19.4 Å². The minimum absolute atomic E-state index is 0.366. The van der Waals surface area contributed by atoms with Gasteiger partial charge in [-0.05, 0) is 24.4 Å². The molecule has 2 atom stereocenters. The SMILES string of the molecule is CCNC(c1sccc1Cl)C1CCOC1. The average molecular weight is 246 g/mol. The summed E-state index contributed by atoms with van der Waals surface area (Å²) >= 11 is 7.91. The van der Waals surface area contributed by atoms with Gasteiger partial charge in [0, 0.05) is 23.4 Å². The Bertz CT molecular complexity index is 309. The summed E-state index contributed by atoms with van der Waals surface area (Å²) in [5.41, 5.74) is 0. The first kappa shape index (κ1) is 11.4. The predicted octanol–water partition coefficient (Wildman–Crippen LogP) is 3.09. The minimum atomic E-state index is 0.366. The van der Waals surface area contributed by atoms with Crippen molar-refractivity contribution in [1.29, 1.82) is 0 Å². The summed E-state index contributed by atoms with van der Waals surface area (Å²) in [7, 11) is 0. The van der Waals surface area contributed by atoms with Gasteiger partial charge in [-0.2, -0.15) is 0 Å². The molecule has 1 fully saturated rings. The summed E-state index contributed by atoms with van der Waals surface area (Å²) in [6.45, 7) is 4.83. The van der Waals surface area contributed by atoms with Gasteiger partial charge in [-0.1, -0.05) is 18.5 Å². The second kappa shape index (κ2) is 5.30. The molecule has 0 aromatic carbocycles. The van der Waals surface area contributed by atoms with E-state index in [1.54, 1.807) is 11.3 Å². The third kappa shape index (κ3) is 2.53. The van der Waals surface area contributed by atoms with Crippen molar-refractivity contribution in [2.75, 3.05) is 19.8 Å². The van der Waals surface area contributed by atoms with E-state index in [1.807, 2.05) is 6.07 Å². The van der Waals surface area contributed by atoms with E-state index in [0.717, 1.165) is 31.2 Å². The first-order chi connectivity index (χ1) is 7.33. The Kier molecular flexibility index (Phi) is 4.03. The highest BCUT2D eigenvalue weighted by Crippen LogP contribution is 2.36. The van der Waals surface area contributed by atoms with Crippen LogP contribution in [0.1, 0.15) is 24.3 Å². The lowest BCUT2D eigenvalue weighted by Crippen LogP contribution is -2.28. The Morgan fingerprint density at radius 1 is 1.73 bits per heavy atom. The van der Waals surface area contributed by atoms with Crippen LogP contribution in [0.3, 0.4) is 0 Å². The number of ether oxygens (including phenoxy) is 1. The van der Waals surface area contributed by atoms with E-state index in [4.69, 9.17) is 16.3 Å². The van der Waals surface area contributed by atoms with E-state index >= 15 is 0 Å². The van der Waals surface area contributed by atoms with E-state index in [2.05, 4.69) is 17.6 Å². The number of hydrogen-bond acceptors (Lipinski definition) is 3. The zero-order chi connectivity index (χ0) is 10.7. The van der Waals surface area contributed by atoms with Gasteiger partial charge in [0.05, 0.1) is 11.6 Å². The fourth-order valence-electron chi connectivity index (χ4n) is 2.04. The van der Waals surface area contributed by atoms with Crippen LogP contribution in [0.4, 0.5) is 0 Å². The van der Waals surface area contributed by atoms with Crippen LogP contribution in [-0.2, 0) is 4.74 Å². The van der Waals surface area contributed by atoms with Gasteiger partial charge in [0.1, 0.15) is 0 Å². The van der Waals surface area contributed by atoms with E-state index in [-0.39, 0.29) is 0 Å². The third-order valence-electron chi connectivity index (χ3n) is 2.79. The fraction of sp³-hybridized carbons (Fsp3) is 0.636. The van der Waals surface area contributed by atoms with Crippen LogP contribution in [0.25, 0.3) is 0 Å². The number of hydrogen-bond donors (Lipinski definition) is 1. The highest BCUT2D eigenvalue weighted by Gasteiger charge is 2.28. The van der Waals surface area contributed by atoms with E-state index in [0.29, 0.717) is 12.0 Å². The smallest absolute Gasteiger partial charge is 0.0561 e. The molecule has 2 nitrogen and oxygen atoms in total. The predicted molar refractivity (Wildman–Crippen MR) is 64.7 cm³/mol. The van der Waals surface area contributed by atoms with Gasteiger partial charge in [-0.3, -0.25) is 0 Å². The van der Waals surface area contributed by atoms with Crippen molar-refractivity contribution in [1.82, 2.24) is 5.32 Å². The molecule has 1 saturated heterocycles. The first-order valence-electron chi connectivity index (χ1n) is 5.37. The highest BCUT2D eigenvalue weighted by molar-refractivity contribution is 7.10. The lowest BCUT2D eigenvalue weighted by atomic mass is 9.97. The molecule has 0 radical (unpaired) electrons. The van der Waals surface area contributed by atoms with E-state index in [1.165, 1.54) is 4.88 Å². The fourth-order valence-corrected chi connectivity index (χ4v) is 3.38. The highest BCUT2D eigenvalue weighted by atomic mass is 35.5. The molecule has 15 heavy (non-hydrogen) atoms. The van der Waals surface area contributed by atoms with Crippen LogP contribution in [0.5, 0.6) is 0 Å². The second-order valence-electron chi connectivity index (χ2n) is 3.79. The lowest BCUT2D eigenvalue weighted by Gasteiger charge is -2.22. The number of halogens is 1. The molecule has 84 valence electrons. The van der Waals surface area contributed by atoms with Crippen LogP contribution in [-0.4, -0.2) is 19.8 Å². The van der Waals surface area contributed by atoms with Crippen LogP contribution in [0, 0.1) is 5.92 Å². The summed E-state index contributed by atoms with van der Waals surface area (Å²) in [6.07, 6.45) is 1.13. The van der Waals surface area contributed by atoms with Gasteiger partial charge in [-0.25, -0.2) is 0 Å². The molecule has 4 heteroatoms. The standard InChI is InChI=1S/C11H16ClNOS/c1-2-13-10(8-3-5-14-7-8)11-9(12)4-6-15-11/h4,6,8,10,13H,2-3,5,7H2,1H3. The molecule has 0 saturated carbocycles. The summed E-state index contributed by atoms with van der Waals surface area (Å²) in [6, 6.07) is 2.34. The first-order valence-corrected chi connectivity index (χ1v) is 6.62. The monoisotopic (exact) mass is 245 g/mol. The maximum Gasteiger partial charge on any atom is 0.0561 e. The maximum atomic E-state index is 6.18. The quantitative estimate of drug-likeness (QED) is 0.880. The molecule has 0 aliphatic carbocycles. The molecule has 2 heterocycles. The van der Waals surface area contributed by atoms with Gasteiger partial charge in [0.15, 0.2) is 0 Å². The molecule has 0 bridgehead atoms. The van der Waals surface area contributed by atoms with Gasteiger partial charge < -0.3 is 10.1 Å². The molecule has 1 N–H and O–H groups in total. The second-order valence-corrected chi connectivity index (χ2v) is 5.15. The largest absolute Gasteiger partial charge is 0.381 e. The molecule has 0 spiro atoms. The van der Waals surface area contributed by atoms with E-state index in [9.17, 15) is 0 Å². The Morgan fingerprint density at radius 2 is 2.60 bits per heavy atom. The van der Waals surface area contributed by atoms with Crippen molar-refractivity contribution < 1.29 is 4.74 Å². The van der Waals surface area contributed by atoms with Crippen LogP contribution in [0.15, 0.2) is 11.4 Å². The molecule has 1 aliphatic heterocycles. The Morgan fingerprint density at radius 3 is 3.13 bits per heavy atom. The Hall–Kier alpha value is -0.0900.